The summed E-state index contributed by atoms with van der Waals surface area (Å²) in [5.41, 5.74) is 2.65. The SMILES string of the molecule is COCCn1cc(-c2cn[nH]c2)c2cc(C#CC(C)(C)O)ncc21. The van der Waals surface area contributed by atoms with E-state index in [1.807, 2.05) is 18.5 Å². The third-order valence-corrected chi connectivity index (χ3v) is 3.61. The van der Waals surface area contributed by atoms with Crippen LogP contribution in [0.5, 0.6) is 0 Å². The van der Waals surface area contributed by atoms with Gasteiger partial charge in [0, 0.05) is 42.6 Å². The maximum atomic E-state index is 9.77. The third-order valence-electron chi connectivity index (χ3n) is 3.61. The molecule has 2 N–H and O–H groups in total. The van der Waals surface area contributed by atoms with Gasteiger partial charge in [0.25, 0.3) is 0 Å². The molecule has 0 aliphatic rings. The highest BCUT2D eigenvalue weighted by molar-refractivity contribution is 5.96. The van der Waals surface area contributed by atoms with Crippen molar-refractivity contribution in [1.82, 2.24) is 19.7 Å². The Hall–Kier alpha value is -2.62. The van der Waals surface area contributed by atoms with E-state index in [-0.39, 0.29) is 0 Å². The van der Waals surface area contributed by atoms with Crippen LogP contribution in [0.2, 0.25) is 0 Å². The van der Waals surface area contributed by atoms with Gasteiger partial charge in [-0.3, -0.25) is 5.10 Å². The molecule has 0 spiro atoms. The molecule has 3 heterocycles. The number of nitrogens with one attached hydrogen (secondary N) is 1. The average molecular weight is 324 g/mol. The largest absolute Gasteiger partial charge is 0.383 e. The molecule has 3 rings (SSSR count). The first-order chi connectivity index (χ1) is 11.5. The van der Waals surface area contributed by atoms with Crippen molar-refractivity contribution in [2.75, 3.05) is 13.7 Å². The van der Waals surface area contributed by atoms with E-state index in [1.165, 1.54) is 0 Å². The number of ether oxygens (including phenoxy) is 1. The fourth-order valence-corrected chi connectivity index (χ4v) is 2.48. The number of nitrogens with zero attached hydrogens (tertiary/aromatic N) is 3. The van der Waals surface area contributed by atoms with E-state index >= 15 is 0 Å². The minimum absolute atomic E-state index is 0.620. The average Bonchev–Trinajstić information content (AvgIpc) is 3.17. The van der Waals surface area contributed by atoms with E-state index in [0.29, 0.717) is 12.3 Å². The number of H-pyrrole nitrogens is 1. The number of rotatable bonds is 4. The van der Waals surface area contributed by atoms with Gasteiger partial charge in [0.1, 0.15) is 11.3 Å². The second kappa shape index (κ2) is 6.48. The number of aromatic amines is 1. The van der Waals surface area contributed by atoms with Crippen molar-refractivity contribution in [3.8, 4) is 23.0 Å². The highest BCUT2D eigenvalue weighted by Gasteiger charge is 2.13. The Balaban J connectivity index is 2.12. The van der Waals surface area contributed by atoms with E-state index < -0.39 is 5.60 Å². The summed E-state index contributed by atoms with van der Waals surface area (Å²) in [5.74, 6) is 5.73. The molecule has 0 saturated carbocycles. The first-order valence-electron chi connectivity index (χ1n) is 7.70. The first-order valence-corrected chi connectivity index (χ1v) is 7.70. The lowest BCUT2D eigenvalue weighted by molar-refractivity contribution is 0.143. The minimum Gasteiger partial charge on any atom is -0.383 e. The summed E-state index contributed by atoms with van der Waals surface area (Å²) in [5, 5.41) is 17.7. The van der Waals surface area contributed by atoms with Crippen molar-refractivity contribution < 1.29 is 9.84 Å². The lowest BCUT2D eigenvalue weighted by atomic mass is 10.1. The standard InChI is InChI=1S/C18H20N4O2/c1-18(2,23)5-4-14-8-15-16(13-9-20-21-10-13)12-22(6-7-24-3)17(15)11-19-14/h8-12,23H,6-7H2,1-3H3,(H,20,21). The van der Waals surface area contributed by atoms with Gasteiger partial charge in [-0.2, -0.15) is 5.10 Å². The van der Waals surface area contributed by atoms with Crippen LogP contribution in [0.25, 0.3) is 22.0 Å². The van der Waals surface area contributed by atoms with E-state index in [4.69, 9.17) is 4.74 Å². The van der Waals surface area contributed by atoms with Crippen LogP contribution in [0.15, 0.2) is 30.9 Å². The van der Waals surface area contributed by atoms with Crippen LogP contribution >= 0.6 is 0 Å². The molecule has 0 saturated heterocycles. The third kappa shape index (κ3) is 3.48. The number of aromatic nitrogens is 4. The number of methoxy groups -OCH3 is 1. The summed E-state index contributed by atoms with van der Waals surface area (Å²) < 4.78 is 7.30. The van der Waals surface area contributed by atoms with Crippen molar-refractivity contribution in [1.29, 1.82) is 0 Å². The van der Waals surface area contributed by atoms with Crippen molar-refractivity contribution in [3.63, 3.8) is 0 Å². The van der Waals surface area contributed by atoms with Crippen LogP contribution in [-0.4, -0.2) is 44.2 Å². The zero-order valence-electron chi connectivity index (χ0n) is 14.0. The molecule has 0 amide bonds. The normalized spacial score (nSPS) is 11.5. The zero-order valence-corrected chi connectivity index (χ0v) is 14.0. The predicted octanol–water partition coefficient (Wildman–Crippen LogP) is 2.20. The van der Waals surface area contributed by atoms with Crippen LogP contribution in [0.1, 0.15) is 19.5 Å². The molecule has 0 radical (unpaired) electrons. The van der Waals surface area contributed by atoms with Crippen LogP contribution < -0.4 is 0 Å². The van der Waals surface area contributed by atoms with Gasteiger partial charge in [-0.15, -0.1) is 0 Å². The van der Waals surface area contributed by atoms with Gasteiger partial charge in [0.15, 0.2) is 0 Å². The molecule has 0 aliphatic carbocycles. The molecule has 0 unspecified atom stereocenters. The Labute approximate surface area is 140 Å². The van der Waals surface area contributed by atoms with Gasteiger partial charge in [-0.25, -0.2) is 4.98 Å². The van der Waals surface area contributed by atoms with E-state index in [1.54, 1.807) is 27.2 Å². The number of pyridine rings is 1. The van der Waals surface area contributed by atoms with Crippen LogP contribution in [0.4, 0.5) is 0 Å². The monoisotopic (exact) mass is 324 g/mol. The molecule has 0 fully saturated rings. The van der Waals surface area contributed by atoms with Crippen molar-refractivity contribution in [2.24, 2.45) is 0 Å². The second-order valence-electron chi connectivity index (χ2n) is 6.11. The number of aliphatic hydroxyl groups is 1. The number of fused-ring (bicyclic) bond motifs is 1. The number of hydrogen-bond donors (Lipinski definition) is 2. The highest BCUT2D eigenvalue weighted by atomic mass is 16.5. The molecular formula is C18H20N4O2. The molecule has 3 aromatic heterocycles. The summed E-state index contributed by atoms with van der Waals surface area (Å²) in [6.07, 6.45) is 7.53. The van der Waals surface area contributed by atoms with Crippen molar-refractivity contribution in [2.45, 2.75) is 26.0 Å². The Bertz CT molecular complexity index is 893. The molecule has 0 atom stereocenters. The molecule has 3 aromatic rings. The smallest absolute Gasteiger partial charge is 0.120 e. The van der Waals surface area contributed by atoms with Gasteiger partial charge in [-0.05, 0) is 25.8 Å². The van der Waals surface area contributed by atoms with Gasteiger partial charge < -0.3 is 14.4 Å². The summed E-state index contributed by atoms with van der Waals surface area (Å²) >= 11 is 0. The fraction of sp³-hybridized carbons (Fsp3) is 0.333. The maximum Gasteiger partial charge on any atom is 0.120 e. The first kappa shape index (κ1) is 16.2. The van der Waals surface area contributed by atoms with Crippen LogP contribution in [-0.2, 0) is 11.3 Å². The molecule has 6 nitrogen and oxygen atoms in total. The Morgan fingerprint density at radius 1 is 1.38 bits per heavy atom. The fourth-order valence-electron chi connectivity index (χ4n) is 2.48. The topological polar surface area (TPSA) is 76.0 Å². The molecule has 0 aromatic carbocycles. The summed E-state index contributed by atoms with van der Waals surface area (Å²) in [6.45, 7) is 4.66. The van der Waals surface area contributed by atoms with Gasteiger partial charge in [0.05, 0.1) is 24.5 Å². The maximum absolute atomic E-state index is 9.77. The van der Waals surface area contributed by atoms with E-state index in [0.717, 1.165) is 28.6 Å². The number of hydrogen-bond acceptors (Lipinski definition) is 4. The second-order valence-corrected chi connectivity index (χ2v) is 6.11. The van der Waals surface area contributed by atoms with Gasteiger partial charge >= 0.3 is 0 Å². The van der Waals surface area contributed by atoms with Gasteiger partial charge in [0.2, 0.25) is 0 Å². The lowest BCUT2D eigenvalue weighted by Crippen LogP contribution is -2.14. The minimum atomic E-state index is -1.05. The quantitative estimate of drug-likeness (QED) is 0.721. The predicted molar refractivity (Wildman–Crippen MR) is 92.4 cm³/mol. The van der Waals surface area contributed by atoms with Crippen molar-refractivity contribution >= 4 is 10.9 Å². The van der Waals surface area contributed by atoms with Crippen LogP contribution in [0, 0.1) is 11.8 Å². The van der Waals surface area contributed by atoms with Crippen LogP contribution in [0.3, 0.4) is 0 Å². The molecule has 124 valence electrons. The Kier molecular flexibility index (Phi) is 4.38. The Morgan fingerprint density at radius 3 is 2.88 bits per heavy atom. The summed E-state index contributed by atoms with van der Waals surface area (Å²) in [7, 11) is 1.69. The molecule has 0 aliphatic heterocycles. The Morgan fingerprint density at radius 2 is 2.21 bits per heavy atom. The lowest BCUT2D eigenvalue weighted by Gasteiger charge is -2.06. The molecular weight excluding hydrogens is 304 g/mol. The summed E-state index contributed by atoms with van der Waals surface area (Å²) in [6, 6.07) is 1.94. The summed E-state index contributed by atoms with van der Waals surface area (Å²) in [4.78, 5) is 4.40. The highest BCUT2D eigenvalue weighted by Crippen LogP contribution is 2.30. The molecule has 6 heteroatoms. The van der Waals surface area contributed by atoms with E-state index in [9.17, 15) is 5.11 Å². The van der Waals surface area contributed by atoms with Gasteiger partial charge in [-0.1, -0.05) is 5.92 Å². The van der Waals surface area contributed by atoms with E-state index in [2.05, 4.69) is 37.8 Å². The molecule has 24 heavy (non-hydrogen) atoms. The molecule has 0 bridgehead atoms. The van der Waals surface area contributed by atoms with Crippen molar-refractivity contribution in [3.05, 3.63) is 36.5 Å². The zero-order chi connectivity index (χ0) is 17.2.